The molecule has 1 saturated heterocycles. The molecule has 7 nitrogen and oxygen atoms in total. The summed E-state index contributed by atoms with van der Waals surface area (Å²) in [7, 11) is 0. The quantitative estimate of drug-likeness (QED) is 0.861. The highest BCUT2D eigenvalue weighted by Crippen LogP contribution is 2.21. The first kappa shape index (κ1) is 19.1. The van der Waals surface area contributed by atoms with Crippen molar-refractivity contribution >= 4 is 11.7 Å². The van der Waals surface area contributed by atoms with Gasteiger partial charge in [-0.2, -0.15) is 4.98 Å². The Labute approximate surface area is 159 Å². The zero-order chi connectivity index (χ0) is 19.4. The summed E-state index contributed by atoms with van der Waals surface area (Å²) in [6.07, 6.45) is 3.92. The second-order valence-corrected chi connectivity index (χ2v) is 8.09. The number of H-pyrrole nitrogens is 1. The van der Waals surface area contributed by atoms with Crippen molar-refractivity contribution in [1.29, 1.82) is 0 Å². The molecule has 0 bridgehead atoms. The molecule has 0 unspecified atom stereocenters. The van der Waals surface area contributed by atoms with E-state index in [1.54, 1.807) is 12.3 Å². The number of rotatable bonds is 4. The number of hydrogen-bond acceptors (Lipinski definition) is 5. The van der Waals surface area contributed by atoms with Crippen LogP contribution >= 0.6 is 0 Å². The van der Waals surface area contributed by atoms with Gasteiger partial charge in [-0.05, 0) is 37.0 Å². The van der Waals surface area contributed by atoms with E-state index in [1.807, 2.05) is 39.0 Å². The molecule has 3 heterocycles. The number of nitrogens with zero attached hydrogens (tertiary/aromatic N) is 3. The van der Waals surface area contributed by atoms with Crippen LogP contribution in [0.3, 0.4) is 0 Å². The van der Waals surface area contributed by atoms with E-state index in [0.29, 0.717) is 18.2 Å². The van der Waals surface area contributed by atoms with E-state index >= 15 is 0 Å². The van der Waals surface area contributed by atoms with Crippen LogP contribution in [0.15, 0.2) is 35.3 Å². The van der Waals surface area contributed by atoms with Gasteiger partial charge in [0.25, 0.3) is 5.91 Å². The van der Waals surface area contributed by atoms with Gasteiger partial charge in [0, 0.05) is 36.9 Å². The van der Waals surface area contributed by atoms with Crippen LogP contribution in [0.5, 0.6) is 0 Å². The molecule has 2 aromatic rings. The van der Waals surface area contributed by atoms with E-state index in [2.05, 4.69) is 25.2 Å². The Kier molecular flexibility index (Phi) is 5.58. The maximum absolute atomic E-state index is 12.5. The van der Waals surface area contributed by atoms with Gasteiger partial charge in [0.1, 0.15) is 11.5 Å². The summed E-state index contributed by atoms with van der Waals surface area (Å²) in [5, 5.41) is 2.95. The summed E-state index contributed by atoms with van der Waals surface area (Å²) in [5.41, 5.74) is 0.114. The molecule has 1 aliphatic heterocycles. The van der Waals surface area contributed by atoms with Crippen molar-refractivity contribution in [3.63, 3.8) is 0 Å². The van der Waals surface area contributed by atoms with Crippen molar-refractivity contribution in [3.05, 3.63) is 52.3 Å². The van der Waals surface area contributed by atoms with Crippen LogP contribution in [0.1, 0.15) is 49.8 Å². The third-order valence-corrected chi connectivity index (χ3v) is 4.83. The molecule has 7 heteroatoms. The van der Waals surface area contributed by atoms with Crippen LogP contribution in [0.2, 0.25) is 0 Å². The lowest BCUT2D eigenvalue weighted by Gasteiger charge is -2.33. The van der Waals surface area contributed by atoms with Crippen LogP contribution in [-0.2, 0) is 5.41 Å². The minimum absolute atomic E-state index is 0.168. The Balaban J connectivity index is 1.62. The zero-order valence-corrected chi connectivity index (χ0v) is 16.2. The van der Waals surface area contributed by atoms with E-state index in [0.717, 1.165) is 31.7 Å². The lowest BCUT2D eigenvalue weighted by Crippen LogP contribution is -2.41. The number of nitrogens with one attached hydrogen (secondary N) is 2. The van der Waals surface area contributed by atoms with E-state index < -0.39 is 5.69 Å². The molecule has 144 valence electrons. The monoisotopic (exact) mass is 369 g/mol. The molecule has 1 amide bonds. The van der Waals surface area contributed by atoms with Crippen LogP contribution in [0.25, 0.3) is 0 Å². The lowest BCUT2D eigenvalue weighted by atomic mass is 9.91. The molecule has 1 fully saturated rings. The second-order valence-electron chi connectivity index (χ2n) is 8.09. The number of anilines is 1. The molecule has 0 aliphatic carbocycles. The smallest absolute Gasteiger partial charge is 0.345 e. The molecule has 2 N–H and O–H groups in total. The summed E-state index contributed by atoms with van der Waals surface area (Å²) in [6, 6.07) is 7.57. The van der Waals surface area contributed by atoms with Gasteiger partial charge in [0.2, 0.25) is 0 Å². The van der Waals surface area contributed by atoms with Crippen LogP contribution in [0, 0.1) is 5.92 Å². The third-order valence-electron chi connectivity index (χ3n) is 4.83. The standard InChI is InChI=1S/C20H27N5O2/c1-20(2,3)16-11-15(23-19(27)24-16)18(26)22-12-14-7-6-10-25(13-14)17-8-4-5-9-21-17/h4-5,8-9,11,14H,6-7,10,12-13H2,1-3H3,(H,22,26)(H,23,24,27)/t14-/m0/s1. The Morgan fingerprint density at radius 1 is 1.37 bits per heavy atom. The van der Waals surface area contributed by atoms with Crippen molar-refractivity contribution in [1.82, 2.24) is 20.3 Å². The Morgan fingerprint density at radius 3 is 2.89 bits per heavy atom. The number of carbonyl (C=O) groups excluding carboxylic acids is 1. The van der Waals surface area contributed by atoms with Gasteiger partial charge in [0.05, 0.1) is 0 Å². The minimum Gasteiger partial charge on any atom is -0.356 e. The lowest BCUT2D eigenvalue weighted by molar-refractivity contribution is 0.0940. The van der Waals surface area contributed by atoms with Crippen molar-refractivity contribution in [3.8, 4) is 0 Å². The summed E-state index contributed by atoms with van der Waals surface area (Å²) >= 11 is 0. The molecule has 0 spiro atoms. The number of aromatic amines is 1. The number of piperidine rings is 1. The van der Waals surface area contributed by atoms with Crippen molar-refractivity contribution in [2.45, 2.75) is 39.0 Å². The second kappa shape index (κ2) is 7.90. The maximum Gasteiger partial charge on any atom is 0.345 e. The Morgan fingerprint density at radius 2 is 2.19 bits per heavy atom. The van der Waals surface area contributed by atoms with E-state index in [9.17, 15) is 9.59 Å². The number of hydrogen-bond donors (Lipinski definition) is 2. The van der Waals surface area contributed by atoms with E-state index in [4.69, 9.17) is 0 Å². The fourth-order valence-electron chi connectivity index (χ4n) is 3.29. The predicted octanol–water partition coefficient (Wildman–Crippen LogP) is 2.11. The van der Waals surface area contributed by atoms with E-state index in [-0.39, 0.29) is 17.0 Å². The van der Waals surface area contributed by atoms with Crippen molar-refractivity contribution < 1.29 is 4.79 Å². The maximum atomic E-state index is 12.5. The van der Waals surface area contributed by atoms with Crippen molar-refractivity contribution in [2.75, 3.05) is 24.5 Å². The van der Waals surface area contributed by atoms with Gasteiger partial charge < -0.3 is 15.2 Å². The van der Waals surface area contributed by atoms with Crippen LogP contribution < -0.4 is 15.9 Å². The molecular formula is C20H27N5O2. The molecule has 0 aromatic carbocycles. The highest BCUT2D eigenvalue weighted by Gasteiger charge is 2.23. The first-order chi connectivity index (χ1) is 12.8. The normalized spacial score (nSPS) is 17.6. The van der Waals surface area contributed by atoms with Gasteiger partial charge in [-0.3, -0.25) is 4.79 Å². The molecule has 2 aromatic heterocycles. The summed E-state index contributed by atoms with van der Waals surface area (Å²) in [5.74, 6) is 1.01. The first-order valence-corrected chi connectivity index (χ1v) is 9.39. The van der Waals surface area contributed by atoms with Gasteiger partial charge in [-0.1, -0.05) is 26.8 Å². The van der Waals surface area contributed by atoms with Gasteiger partial charge in [0.15, 0.2) is 0 Å². The molecule has 0 saturated carbocycles. The topological polar surface area (TPSA) is 91.0 Å². The average molecular weight is 369 g/mol. The number of carbonyl (C=O) groups is 1. The van der Waals surface area contributed by atoms with Gasteiger partial charge in [-0.15, -0.1) is 0 Å². The largest absolute Gasteiger partial charge is 0.356 e. The number of aromatic nitrogens is 3. The highest BCUT2D eigenvalue weighted by molar-refractivity contribution is 5.92. The highest BCUT2D eigenvalue weighted by atomic mass is 16.2. The van der Waals surface area contributed by atoms with Crippen molar-refractivity contribution in [2.24, 2.45) is 5.92 Å². The molecule has 3 rings (SSSR count). The third kappa shape index (κ3) is 4.93. The zero-order valence-electron chi connectivity index (χ0n) is 16.2. The first-order valence-electron chi connectivity index (χ1n) is 9.39. The number of pyridine rings is 1. The Bertz CT molecular complexity index is 841. The predicted molar refractivity (Wildman–Crippen MR) is 105 cm³/mol. The fourth-order valence-corrected chi connectivity index (χ4v) is 3.29. The molecule has 27 heavy (non-hydrogen) atoms. The minimum atomic E-state index is -0.494. The fraction of sp³-hybridized carbons (Fsp3) is 0.500. The Hall–Kier alpha value is -2.70. The van der Waals surface area contributed by atoms with E-state index in [1.165, 1.54) is 0 Å². The number of amides is 1. The molecule has 1 aliphatic rings. The molecule has 1 atom stereocenters. The molecule has 0 radical (unpaired) electrons. The van der Waals surface area contributed by atoms with Gasteiger partial charge >= 0.3 is 5.69 Å². The van der Waals surface area contributed by atoms with Crippen LogP contribution in [0.4, 0.5) is 5.82 Å². The average Bonchev–Trinajstić information content (AvgIpc) is 2.66. The SMILES string of the molecule is CC(C)(C)c1cc(C(=O)NC[C@@H]2CCCN(c3ccccn3)C2)nc(=O)[nH]1. The summed E-state index contributed by atoms with van der Waals surface area (Å²) in [4.78, 5) is 37.5. The van der Waals surface area contributed by atoms with Crippen LogP contribution in [-0.4, -0.2) is 40.5 Å². The van der Waals surface area contributed by atoms with Gasteiger partial charge in [-0.25, -0.2) is 9.78 Å². The molecular weight excluding hydrogens is 342 g/mol. The summed E-state index contributed by atoms with van der Waals surface area (Å²) < 4.78 is 0. The summed E-state index contributed by atoms with van der Waals surface area (Å²) in [6.45, 7) is 8.33.